The van der Waals surface area contributed by atoms with E-state index in [1.807, 2.05) is 24.3 Å². The van der Waals surface area contributed by atoms with Crippen LogP contribution < -0.4 is 10.6 Å². The number of hydrogen-bond donors (Lipinski definition) is 4. The fourth-order valence-corrected chi connectivity index (χ4v) is 3.14. The standard InChI is InChI=1S/C20H24N6O2/c27-25-13-11-21-19(25)23-17-7-3-15(4-8-17)1-2-16-5-9-18(10-6-16)24-20-22-12-14-26(20)28/h3-10,27-28H,1-2,11-14H2,(H,21,23)(H,22,24). The number of nitrogens with one attached hydrogen (secondary N) is 2. The third kappa shape index (κ3) is 4.41. The fraction of sp³-hybridized carbons (Fsp3) is 0.300. The van der Waals surface area contributed by atoms with Crippen LogP contribution in [0.5, 0.6) is 0 Å². The second-order valence-corrected chi connectivity index (χ2v) is 6.80. The number of aryl methyl sites for hydroxylation is 2. The molecule has 2 aliphatic rings. The Morgan fingerprint density at radius 2 is 1.07 bits per heavy atom. The molecule has 0 unspecified atom stereocenters. The maximum absolute atomic E-state index is 9.64. The SMILES string of the molecule is ON1CCN=C1Nc1ccc(CCc2ccc(NC3=NCCN3O)cc2)cc1. The van der Waals surface area contributed by atoms with E-state index >= 15 is 0 Å². The van der Waals surface area contributed by atoms with Crippen molar-refractivity contribution >= 4 is 23.3 Å². The first-order valence-electron chi connectivity index (χ1n) is 9.41. The van der Waals surface area contributed by atoms with Crippen LogP contribution >= 0.6 is 0 Å². The summed E-state index contributed by atoms with van der Waals surface area (Å²) in [4.78, 5) is 8.41. The number of hydroxylamine groups is 4. The largest absolute Gasteiger partial charge is 0.324 e. The first kappa shape index (κ1) is 18.3. The third-order valence-electron chi connectivity index (χ3n) is 4.76. The summed E-state index contributed by atoms with van der Waals surface area (Å²) in [6.07, 6.45) is 1.88. The van der Waals surface area contributed by atoms with Gasteiger partial charge in [0.2, 0.25) is 11.9 Å². The zero-order valence-corrected chi connectivity index (χ0v) is 15.5. The highest BCUT2D eigenvalue weighted by molar-refractivity contribution is 5.94. The van der Waals surface area contributed by atoms with Crippen molar-refractivity contribution in [1.82, 2.24) is 10.1 Å². The highest BCUT2D eigenvalue weighted by Crippen LogP contribution is 2.16. The molecule has 0 fully saturated rings. The van der Waals surface area contributed by atoms with E-state index in [9.17, 15) is 10.4 Å². The predicted octanol–water partition coefficient (Wildman–Crippen LogP) is 2.42. The molecule has 8 nitrogen and oxygen atoms in total. The van der Waals surface area contributed by atoms with E-state index in [2.05, 4.69) is 44.9 Å². The van der Waals surface area contributed by atoms with Crippen molar-refractivity contribution in [3.63, 3.8) is 0 Å². The Morgan fingerprint density at radius 1 is 0.679 bits per heavy atom. The van der Waals surface area contributed by atoms with Crippen LogP contribution in [0.4, 0.5) is 11.4 Å². The number of rotatable bonds is 5. The van der Waals surface area contributed by atoms with Gasteiger partial charge in [-0.25, -0.2) is 20.1 Å². The van der Waals surface area contributed by atoms with Crippen LogP contribution in [0.2, 0.25) is 0 Å². The van der Waals surface area contributed by atoms with Gasteiger partial charge in [-0.15, -0.1) is 0 Å². The highest BCUT2D eigenvalue weighted by Gasteiger charge is 2.15. The van der Waals surface area contributed by atoms with E-state index < -0.39 is 0 Å². The molecule has 0 saturated heterocycles. The number of guanidine groups is 2. The number of nitrogens with zero attached hydrogens (tertiary/aromatic N) is 4. The van der Waals surface area contributed by atoms with Gasteiger partial charge in [0.05, 0.1) is 26.2 Å². The van der Waals surface area contributed by atoms with Crippen LogP contribution in [0, 0.1) is 0 Å². The Hall–Kier alpha value is -3.10. The quantitative estimate of drug-likeness (QED) is 0.636. The number of benzene rings is 2. The summed E-state index contributed by atoms with van der Waals surface area (Å²) in [6.45, 7) is 2.28. The molecule has 2 heterocycles. The van der Waals surface area contributed by atoms with Gasteiger partial charge in [-0.05, 0) is 48.2 Å². The van der Waals surface area contributed by atoms with Crippen LogP contribution in [0.3, 0.4) is 0 Å². The minimum atomic E-state index is 0.495. The van der Waals surface area contributed by atoms with Crippen LogP contribution in [0.25, 0.3) is 0 Å². The van der Waals surface area contributed by atoms with Crippen molar-refractivity contribution in [3.05, 3.63) is 59.7 Å². The molecule has 2 aromatic rings. The Labute approximate surface area is 163 Å². The van der Waals surface area contributed by atoms with Crippen molar-refractivity contribution in [2.24, 2.45) is 9.98 Å². The predicted molar refractivity (Wildman–Crippen MR) is 109 cm³/mol. The van der Waals surface area contributed by atoms with Crippen LogP contribution in [0.15, 0.2) is 58.5 Å². The monoisotopic (exact) mass is 380 g/mol. The molecular weight excluding hydrogens is 356 g/mol. The molecule has 0 radical (unpaired) electrons. The first-order chi connectivity index (χ1) is 13.7. The molecule has 2 aromatic carbocycles. The average Bonchev–Trinajstić information content (AvgIpc) is 3.30. The molecule has 0 aliphatic carbocycles. The van der Waals surface area contributed by atoms with Gasteiger partial charge >= 0.3 is 0 Å². The minimum Gasteiger partial charge on any atom is -0.324 e. The van der Waals surface area contributed by atoms with Crippen molar-refractivity contribution < 1.29 is 10.4 Å². The van der Waals surface area contributed by atoms with Crippen molar-refractivity contribution in [2.75, 3.05) is 36.8 Å². The van der Waals surface area contributed by atoms with Crippen molar-refractivity contribution in [2.45, 2.75) is 12.8 Å². The molecule has 2 aliphatic heterocycles. The topological polar surface area (TPSA) is 95.7 Å². The lowest BCUT2D eigenvalue weighted by Crippen LogP contribution is -2.29. The second kappa shape index (κ2) is 8.28. The molecule has 0 spiro atoms. The first-order valence-corrected chi connectivity index (χ1v) is 9.41. The lowest BCUT2D eigenvalue weighted by molar-refractivity contribution is -0.00284. The summed E-state index contributed by atoms with van der Waals surface area (Å²) < 4.78 is 0. The molecule has 0 bridgehead atoms. The molecule has 0 atom stereocenters. The van der Waals surface area contributed by atoms with Crippen molar-refractivity contribution in [3.8, 4) is 0 Å². The Kier molecular flexibility index (Phi) is 5.41. The van der Waals surface area contributed by atoms with Gasteiger partial charge in [0.25, 0.3) is 0 Å². The van der Waals surface area contributed by atoms with Gasteiger partial charge in [-0.1, -0.05) is 24.3 Å². The summed E-state index contributed by atoms with van der Waals surface area (Å²) in [5, 5.41) is 27.8. The normalized spacial score (nSPS) is 16.2. The van der Waals surface area contributed by atoms with Gasteiger partial charge < -0.3 is 10.6 Å². The molecule has 28 heavy (non-hydrogen) atoms. The van der Waals surface area contributed by atoms with Crippen LogP contribution in [-0.4, -0.2) is 58.6 Å². The van der Waals surface area contributed by atoms with Gasteiger partial charge in [-0.3, -0.25) is 10.4 Å². The summed E-state index contributed by atoms with van der Waals surface area (Å²) in [5.74, 6) is 0.990. The highest BCUT2D eigenvalue weighted by atomic mass is 16.5. The van der Waals surface area contributed by atoms with E-state index in [0.717, 1.165) is 34.3 Å². The molecule has 8 heteroatoms. The van der Waals surface area contributed by atoms with Gasteiger partial charge in [0, 0.05) is 11.4 Å². The van der Waals surface area contributed by atoms with E-state index in [1.54, 1.807) is 0 Å². The molecule has 0 aromatic heterocycles. The lowest BCUT2D eigenvalue weighted by Gasteiger charge is -2.14. The lowest BCUT2D eigenvalue weighted by atomic mass is 10.0. The van der Waals surface area contributed by atoms with Crippen LogP contribution in [0.1, 0.15) is 11.1 Å². The summed E-state index contributed by atoms with van der Waals surface area (Å²) in [7, 11) is 0. The molecule has 4 rings (SSSR count). The summed E-state index contributed by atoms with van der Waals surface area (Å²) in [5.41, 5.74) is 4.31. The Balaban J connectivity index is 1.28. The van der Waals surface area contributed by atoms with E-state index in [0.29, 0.717) is 38.1 Å². The maximum Gasteiger partial charge on any atom is 0.222 e. The molecular formula is C20H24N6O2. The molecule has 0 saturated carbocycles. The van der Waals surface area contributed by atoms with Gasteiger partial charge in [0.1, 0.15) is 0 Å². The maximum atomic E-state index is 9.64. The Morgan fingerprint density at radius 3 is 1.39 bits per heavy atom. The summed E-state index contributed by atoms with van der Waals surface area (Å²) >= 11 is 0. The molecule has 0 amide bonds. The van der Waals surface area contributed by atoms with E-state index in [-0.39, 0.29) is 0 Å². The van der Waals surface area contributed by atoms with Crippen LogP contribution in [-0.2, 0) is 12.8 Å². The number of hydrogen-bond acceptors (Lipinski definition) is 8. The number of aliphatic imine (C=N–C) groups is 2. The molecule has 4 N–H and O–H groups in total. The van der Waals surface area contributed by atoms with E-state index in [4.69, 9.17) is 0 Å². The zero-order valence-electron chi connectivity index (χ0n) is 15.5. The molecule has 146 valence electrons. The smallest absolute Gasteiger partial charge is 0.222 e. The zero-order chi connectivity index (χ0) is 19.3. The van der Waals surface area contributed by atoms with E-state index in [1.165, 1.54) is 11.1 Å². The van der Waals surface area contributed by atoms with Gasteiger partial charge in [-0.2, -0.15) is 0 Å². The Bertz CT molecular complexity index is 790. The fourth-order valence-electron chi connectivity index (χ4n) is 3.14. The minimum absolute atomic E-state index is 0.495. The van der Waals surface area contributed by atoms with Crippen molar-refractivity contribution in [1.29, 1.82) is 0 Å². The van der Waals surface area contributed by atoms with Gasteiger partial charge in [0.15, 0.2) is 0 Å². The third-order valence-corrected chi connectivity index (χ3v) is 4.76. The average molecular weight is 380 g/mol. The second-order valence-electron chi connectivity index (χ2n) is 6.80. The number of anilines is 2. The summed E-state index contributed by atoms with van der Waals surface area (Å²) in [6, 6.07) is 16.3.